The Hall–Kier alpha value is -3.23. The number of likely N-dealkylation sites (tertiary alicyclic amines) is 1. The van der Waals surface area contributed by atoms with Crippen molar-refractivity contribution in [1.29, 1.82) is 0 Å². The lowest BCUT2D eigenvalue weighted by Gasteiger charge is -2.36. The molecule has 1 aromatic carbocycles. The van der Waals surface area contributed by atoms with Crippen LogP contribution < -0.4 is 15.5 Å². The van der Waals surface area contributed by atoms with Crippen molar-refractivity contribution < 1.29 is 5.11 Å². The number of nitrogens with zero attached hydrogens (tertiary/aromatic N) is 5. The summed E-state index contributed by atoms with van der Waals surface area (Å²) in [5.74, 6) is 2.28. The second kappa shape index (κ2) is 10.2. The van der Waals surface area contributed by atoms with Crippen molar-refractivity contribution in [1.82, 2.24) is 19.9 Å². The van der Waals surface area contributed by atoms with Gasteiger partial charge in [0.05, 0.1) is 12.3 Å². The molecule has 2 aromatic heterocycles. The van der Waals surface area contributed by atoms with E-state index < -0.39 is 0 Å². The van der Waals surface area contributed by atoms with Gasteiger partial charge >= 0.3 is 0 Å². The molecule has 2 unspecified atom stereocenters. The highest BCUT2D eigenvalue weighted by atomic mass is 16.3. The van der Waals surface area contributed by atoms with Gasteiger partial charge in [-0.05, 0) is 44.9 Å². The van der Waals surface area contributed by atoms with Gasteiger partial charge in [0.25, 0.3) is 0 Å². The molecular weight excluding hydrogens is 438 g/mol. The van der Waals surface area contributed by atoms with Crippen molar-refractivity contribution in [2.75, 3.05) is 41.8 Å². The molecule has 2 bridgehead atoms. The molecule has 8 nitrogen and oxygen atoms in total. The summed E-state index contributed by atoms with van der Waals surface area (Å²) in [6.07, 6.45) is 2.97. The molecule has 35 heavy (non-hydrogen) atoms. The third-order valence-electron chi connectivity index (χ3n) is 7.06. The molecule has 2 aliphatic rings. The SMILES string of the molecule is CC(C)N1CC2CC1CN2c1nc(NCCO)cc(-c2ccnc(N[C@@H](C)c3ccccc3)c2)n1. The monoisotopic (exact) mass is 473 g/mol. The summed E-state index contributed by atoms with van der Waals surface area (Å²) in [5.41, 5.74) is 3.03. The minimum atomic E-state index is 0.0487. The van der Waals surface area contributed by atoms with Crippen LogP contribution >= 0.6 is 0 Å². The number of anilines is 3. The average molecular weight is 474 g/mol. The first-order valence-electron chi connectivity index (χ1n) is 12.6. The first-order chi connectivity index (χ1) is 17.0. The number of pyridine rings is 1. The summed E-state index contributed by atoms with van der Waals surface area (Å²) in [6.45, 7) is 9.17. The number of nitrogens with one attached hydrogen (secondary N) is 2. The van der Waals surface area contributed by atoms with Gasteiger partial charge in [-0.2, -0.15) is 4.98 Å². The van der Waals surface area contributed by atoms with Gasteiger partial charge in [0.1, 0.15) is 11.6 Å². The van der Waals surface area contributed by atoms with Gasteiger partial charge in [-0.25, -0.2) is 9.97 Å². The Morgan fingerprint density at radius 3 is 2.54 bits per heavy atom. The molecule has 2 fully saturated rings. The fraction of sp³-hybridized carbons (Fsp3) is 0.444. The van der Waals surface area contributed by atoms with Crippen LogP contribution in [0.4, 0.5) is 17.6 Å². The quantitative estimate of drug-likeness (QED) is 0.433. The van der Waals surface area contributed by atoms with Gasteiger partial charge in [-0.3, -0.25) is 4.90 Å². The number of aliphatic hydroxyl groups excluding tert-OH is 1. The first kappa shape index (κ1) is 23.5. The number of rotatable bonds is 9. The topological polar surface area (TPSA) is 89.4 Å². The number of piperazine rings is 1. The van der Waals surface area contributed by atoms with Gasteiger partial charge < -0.3 is 20.6 Å². The summed E-state index contributed by atoms with van der Waals surface area (Å²) in [7, 11) is 0. The number of benzene rings is 1. The van der Waals surface area contributed by atoms with Gasteiger partial charge in [0.15, 0.2) is 0 Å². The largest absolute Gasteiger partial charge is 0.395 e. The first-order valence-corrected chi connectivity index (χ1v) is 12.6. The third kappa shape index (κ3) is 5.09. The molecule has 3 aromatic rings. The molecule has 3 N–H and O–H groups in total. The maximum Gasteiger partial charge on any atom is 0.228 e. The van der Waals surface area contributed by atoms with Gasteiger partial charge in [-0.15, -0.1) is 0 Å². The Kier molecular flexibility index (Phi) is 6.83. The van der Waals surface area contributed by atoms with Crippen LogP contribution in [0.1, 0.15) is 38.8 Å². The Labute approximate surface area is 207 Å². The van der Waals surface area contributed by atoms with Crippen LogP contribution in [0.25, 0.3) is 11.3 Å². The van der Waals surface area contributed by atoms with E-state index in [4.69, 9.17) is 9.97 Å². The van der Waals surface area contributed by atoms with Crippen molar-refractivity contribution in [3.8, 4) is 11.3 Å². The Morgan fingerprint density at radius 1 is 1.00 bits per heavy atom. The van der Waals surface area contributed by atoms with Gasteiger partial charge in [0.2, 0.25) is 5.95 Å². The maximum absolute atomic E-state index is 9.34. The summed E-state index contributed by atoms with van der Waals surface area (Å²) in [5, 5.41) is 16.1. The zero-order valence-corrected chi connectivity index (χ0v) is 20.7. The second-order valence-corrected chi connectivity index (χ2v) is 9.78. The van der Waals surface area contributed by atoms with Crippen LogP contribution in [-0.2, 0) is 0 Å². The lowest BCUT2D eigenvalue weighted by atomic mass is 10.1. The molecular formula is C27H35N7O. The molecule has 0 spiro atoms. The van der Waals surface area contributed by atoms with E-state index in [0.29, 0.717) is 24.7 Å². The number of hydrogen-bond donors (Lipinski definition) is 3. The Bertz CT molecular complexity index is 1140. The van der Waals surface area contributed by atoms with Crippen molar-refractivity contribution >= 4 is 17.6 Å². The lowest BCUT2D eigenvalue weighted by Crippen LogP contribution is -2.49. The third-order valence-corrected chi connectivity index (χ3v) is 7.06. The highest BCUT2D eigenvalue weighted by Gasteiger charge is 2.45. The van der Waals surface area contributed by atoms with Gasteiger partial charge in [0, 0.05) is 61.6 Å². The summed E-state index contributed by atoms with van der Waals surface area (Å²) >= 11 is 0. The van der Waals surface area contributed by atoms with E-state index in [1.54, 1.807) is 0 Å². The molecule has 5 rings (SSSR count). The molecule has 2 aliphatic heterocycles. The minimum Gasteiger partial charge on any atom is -0.395 e. The standard InChI is InChI=1S/C27H35N7O/c1-18(2)33-16-23-14-22(33)17-34(23)27-31-24(15-26(32-27)29-11-12-35)21-9-10-28-25(13-21)30-19(3)20-7-5-4-6-8-20/h4-10,13,15,18-19,22-23,35H,11-12,14,16-17H2,1-3H3,(H,28,30)(H,29,31,32)/t19-,22?,23?/m0/s1. The van der Waals surface area contributed by atoms with E-state index in [2.05, 4.69) is 58.3 Å². The fourth-order valence-corrected chi connectivity index (χ4v) is 5.28. The molecule has 3 atom stereocenters. The zero-order chi connectivity index (χ0) is 24.4. The summed E-state index contributed by atoms with van der Waals surface area (Å²) in [6, 6.07) is 18.0. The zero-order valence-electron chi connectivity index (χ0n) is 20.7. The number of hydrogen-bond acceptors (Lipinski definition) is 8. The van der Waals surface area contributed by atoms with Crippen LogP contribution in [0.2, 0.25) is 0 Å². The highest BCUT2D eigenvalue weighted by molar-refractivity contribution is 5.67. The number of fused-ring (bicyclic) bond motifs is 2. The number of aromatic nitrogens is 3. The second-order valence-electron chi connectivity index (χ2n) is 9.78. The molecule has 0 saturated carbocycles. The van der Waals surface area contributed by atoms with E-state index in [1.807, 2.05) is 42.6 Å². The number of aliphatic hydroxyl groups is 1. The molecule has 0 amide bonds. The molecule has 184 valence electrons. The van der Waals surface area contributed by atoms with E-state index in [1.165, 1.54) is 5.56 Å². The average Bonchev–Trinajstić information content (AvgIpc) is 3.50. The predicted octanol–water partition coefficient (Wildman–Crippen LogP) is 3.79. The molecule has 8 heteroatoms. The highest BCUT2D eigenvalue weighted by Crippen LogP contribution is 2.35. The van der Waals surface area contributed by atoms with Crippen LogP contribution in [0, 0.1) is 0 Å². The molecule has 2 saturated heterocycles. The molecule has 0 aliphatic carbocycles. The van der Waals surface area contributed by atoms with Crippen molar-refractivity contribution in [3.05, 3.63) is 60.3 Å². The Morgan fingerprint density at radius 2 is 1.83 bits per heavy atom. The van der Waals surface area contributed by atoms with Crippen molar-refractivity contribution in [2.45, 2.75) is 51.4 Å². The van der Waals surface area contributed by atoms with Crippen molar-refractivity contribution in [3.63, 3.8) is 0 Å². The summed E-state index contributed by atoms with van der Waals surface area (Å²) < 4.78 is 0. The van der Waals surface area contributed by atoms with E-state index in [-0.39, 0.29) is 12.6 Å². The lowest BCUT2D eigenvalue weighted by molar-refractivity contribution is 0.191. The maximum atomic E-state index is 9.34. The molecule has 0 radical (unpaired) electrons. The van der Waals surface area contributed by atoms with Crippen LogP contribution in [-0.4, -0.2) is 69.3 Å². The van der Waals surface area contributed by atoms with E-state index in [0.717, 1.165) is 48.4 Å². The predicted molar refractivity (Wildman–Crippen MR) is 141 cm³/mol. The van der Waals surface area contributed by atoms with Crippen LogP contribution in [0.15, 0.2) is 54.7 Å². The minimum absolute atomic E-state index is 0.0487. The van der Waals surface area contributed by atoms with Crippen molar-refractivity contribution in [2.24, 2.45) is 0 Å². The normalized spacial score (nSPS) is 20.4. The van der Waals surface area contributed by atoms with Crippen LogP contribution in [0.5, 0.6) is 0 Å². The van der Waals surface area contributed by atoms with Gasteiger partial charge in [-0.1, -0.05) is 30.3 Å². The Balaban J connectivity index is 1.41. The van der Waals surface area contributed by atoms with Crippen LogP contribution in [0.3, 0.4) is 0 Å². The smallest absolute Gasteiger partial charge is 0.228 e. The molecule has 4 heterocycles. The summed E-state index contributed by atoms with van der Waals surface area (Å²) in [4.78, 5) is 19.3. The van der Waals surface area contributed by atoms with E-state index in [9.17, 15) is 5.11 Å². The van der Waals surface area contributed by atoms with E-state index >= 15 is 0 Å². The fourth-order valence-electron chi connectivity index (χ4n) is 5.28.